The number of piperidine rings is 1. The van der Waals surface area contributed by atoms with E-state index in [1.165, 1.54) is 0 Å². The lowest BCUT2D eigenvalue weighted by Crippen LogP contribution is -2.63. The van der Waals surface area contributed by atoms with Gasteiger partial charge in [0, 0.05) is 25.5 Å². The van der Waals surface area contributed by atoms with Crippen LogP contribution < -0.4 is 5.32 Å². The van der Waals surface area contributed by atoms with Crippen LogP contribution in [0.15, 0.2) is 18.5 Å². The third kappa shape index (κ3) is 2.78. The predicted octanol–water partition coefficient (Wildman–Crippen LogP) is 0.922. The fraction of sp³-hybridized carbons (Fsp3) is 0.778. The molecule has 8 heteroatoms. The molecule has 1 spiro atoms. The quantitative estimate of drug-likeness (QED) is 0.825. The van der Waals surface area contributed by atoms with Crippen LogP contribution in [0.3, 0.4) is 0 Å². The van der Waals surface area contributed by atoms with E-state index in [1.54, 1.807) is 10.9 Å². The average Bonchev–Trinajstić information content (AvgIpc) is 3.20. The molecule has 1 N–H and O–H groups in total. The molecule has 0 bridgehead atoms. The maximum absolute atomic E-state index is 13.7. The highest BCUT2D eigenvalue weighted by Crippen LogP contribution is 2.40. The van der Waals surface area contributed by atoms with Crippen molar-refractivity contribution in [3.63, 3.8) is 0 Å². The Kier molecular flexibility index (Phi) is 4.59. The van der Waals surface area contributed by atoms with Gasteiger partial charge >= 0.3 is 0 Å². The summed E-state index contributed by atoms with van der Waals surface area (Å²) in [5, 5.41) is 7.71. The summed E-state index contributed by atoms with van der Waals surface area (Å²) < 4.78 is 26.8. The molecule has 0 radical (unpaired) electrons. The zero-order chi connectivity index (χ0) is 18.3. The maximum Gasteiger partial charge on any atom is 0.250 e. The molecule has 3 aliphatic rings. The predicted molar refractivity (Wildman–Crippen MR) is 98.5 cm³/mol. The second-order valence-electron chi connectivity index (χ2n) is 8.02. The van der Waals surface area contributed by atoms with Crippen LogP contribution >= 0.6 is 0 Å². The van der Waals surface area contributed by atoms with Crippen LogP contribution in [0.2, 0.25) is 0 Å². The summed E-state index contributed by atoms with van der Waals surface area (Å²) in [5.74, 6) is 0.133. The van der Waals surface area contributed by atoms with Gasteiger partial charge in [0.15, 0.2) is 9.84 Å². The van der Waals surface area contributed by atoms with Crippen LogP contribution in [0.1, 0.15) is 44.9 Å². The molecule has 3 heterocycles. The van der Waals surface area contributed by atoms with Crippen molar-refractivity contribution in [1.29, 1.82) is 0 Å². The van der Waals surface area contributed by atoms with Gasteiger partial charge in [0.1, 0.15) is 5.54 Å². The Hall–Kier alpha value is -1.41. The number of carbonyl (C=O) groups excluding carboxylic acids is 1. The standard InChI is InChI=1S/C18H28N4O3S/c23-16(18(7-10-19-11-8-18)22-12-4-9-20-22)21-13-14-26(24,25)17(15-21)5-2-1-3-6-17/h4,9,12,19H,1-3,5-8,10-11,13-15H2. The van der Waals surface area contributed by atoms with Gasteiger partial charge in [0.2, 0.25) is 0 Å². The first kappa shape index (κ1) is 18.0. The highest BCUT2D eigenvalue weighted by atomic mass is 32.2. The zero-order valence-electron chi connectivity index (χ0n) is 15.2. The fourth-order valence-corrected chi connectivity index (χ4v) is 7.17. The Morgan fingerprint density at radius 1 is 1.08 bits per heavy atom. The molecule has 26 heavy (non-hydrogen) atoms. The number of nitrogens with zero attached hydrogens (tertiary/aromatic N) is 3. The van der Waals surface area contributed by atoms with E-state index in [2.05, 4.69) is 10.4 Å². The molecule has 1 amide bonds. The normalized spacial score (nSPS) is 27.3. The van der Waals surface area contributed by atoms with Crippen molar-refractivity contribution in [2.45, 2.75) is 55.2 Å². The average molecular weight is 381 g/mol. The molecule has 3 fully saturated rings. The summed E-state index contributed by atoms with van der Waals surface area (Å²) in [6.45, 7) is 2.19. The van der Waals surface area contributed by atoms with Crippen LogP contribution in [0.25, 0.3) is 0 Å². The molecule has 1 saturated carbocycles. The van der Waals surface area contributed by atoms with Gasteiger partial charge in [-0.15, -0.1) is 0 Å². The topological polar surface area (TPSA) is 84.3 Å². The van der Waals surface area contributed by atoms with Gasteiger partial charge < -0.3 is 10.2 Å². The Morgan fingerprint density at radius 2 is 1.81 bits per heavy atom. The summed E-state index contributed by atoms with van der Waals surface area (Å²) in [6.07, 6.45) is 9.29. The van der Waals surface area contributed by atoms with E-state index in [-0.39, 0.29) is 11.7 Å². The van der Waals surface area contributed by atoms with Crippen molar-refractivity contribution >= 4 is 15.7 Å². The first-order valence-corrected chi connectivity index (χ1v) is 11.4. The molecule has 0 unspecified atom stereocenters. The SMILES string of the molecule is O=C(N1CCS(=O)(=O)C2(CCCCC2)C1)C1(n2cccn2)CCNCC1. The minimum Gasteiger partial charge on any atom is -0.338 e. The lowest BCUT2D eigenvalue weighted by atomic mass is 9.84. The molecule has 144 valence electrons. The highest BCUT2D eigenvalue weighted by Gasteiger charge is 2.52. The van der Waals surface area contributed by atoms with Crippen LogP contribution in [0.4, 0.5) is 0 Å². The Bertz CT molecular complexity index is 747. The third-order valence-electron chi connectivity index (χ3n) is 6.59. The summed E-state index contributed by atoms with van der Waals surface area (Å²) in [6, 6.07) is 1.85. The molecule has 1 aromatic rings. The number of aromatic nitrogens is 2. The smallest absolute Gasteiger partial charge is 0.250 e. The molecule has 7 nitrogen and oxygen atoms in total. The summed E-state index contributed by atoms with van der Waals surface area (Å²) in [4.78, 5) is 15.5. The zero-order valence-corrected chi connectivity index (χ0v) is 16.0. The second kappa shape index (κ2) is 6.64. The van der Waals surface area contributed by atoms with Crippen molar-refractivity contribution in [2.24, 2.45) is 0 Å². The Labute approximate surface area is 155 Å². The Balaban J connectivity index is 1.64. The number of hydrogen-bond acceptors (Lipinski definition) is 5. The van der Waals surface area contributed by atoms with Crippen LogP contribution in [-0.2, 0) is 20.2 Å². The number of rotatable bonds is 2. The van der Waals surface area contributed by atoms with Crippen molar-refractivity contribution in [3.05, 3.63) is 18.5 Å². The van der Waals surface area contributed by atoms with Crippen molar-refractivity contribution in [3.8, 4) is 0 Å². The minimum atomic E-state index is -3.15. The summed E-state index contributed by atoms with van der Waals surface area (Å²) >= 11 is 0. The van der Waals surface area contributed by atoms with Gasteiger partial charge in [-0.3, -0.25) is 9.48 Å². The van der Waals surface area contributed by atoms with Crippen molar-refractivity contribution < 1.29 is 13.2 Å². The first-order valence-electron chi connectivity index (χ1n) is 9.72. The monoisotopic (exact) mass is 380 g/mol. The lowest BCUT2D eigenvalue weighted by molar-refractivity contribution is -0.143. The number of sulfone groups is 1. The highest BCUT2D eigenvalue weighted by molar-refractivity contribution is 7.92. The molecular formula is C18H28N4O3S. The molecular weight excluding hydrogens is 352 g/mol. The minimum absolute atomic E-state index is 0.0440. The van der Waals surface area contributed by atoms with Gasteiger partial charge in [-0.25, -0.2) is 8.42 Å². The van der Waals surface area contributed by atoms with Gasteiger partial charge in [-0.2, -0.15) is 5.10 Å². The van der Waals surface area contributed by atoms with Gasteiger partial charge in [0.05, 0.1) is 10.5 Å². The largest absolute Gasteiger partial charge is 0.338 e. The van der Waals surface area contributed by atoms with E-state index >= 15 is 0 Å². The molecule has 1 aromatic heterocycles. The molecule has 0 aromatic carbocycles. The molecule has 2 saturated heterocycles. The third-order valence-corrected chi connectivity index (χ3v) is 9.17. The van der Waals surface area contributed by atoms with Crippen molar-refractivity contribution in [2.75, 3.05) is 31.9 Å². The van der Waals surface area contributed by atoms with Crippen LogP contribution in [0.5, 0.6) is 0 Å². The van der Waals surface area contributed by atoms with Gasteiger partial charge in [0.25, 0.3) is 5.91 Å². The van der Waals surface area contributed by atoms with Gasteiger partial charge in [-0.1, -0.05) is 19.3 Å². The number of nitrogens with one attached hydrogen (secondary N) is 1. The lowest BCUT2D eigenvalue weighted by Gasteiger charge is -2.47. The van der Waals surface area contributed by atoms with Crippen molar-refractivity contribution in [1.82, 2.24) is 20.0 Å². The maximum atomic E-state index is 13.7. The van der Waals surface area contributed by atoms with Crippen LogP contribution in [-0.4, -0.2) is 65.7 Å². The molecule has 0 atom stereocenters. The Morgan fingerprint density at radius 3 is 2.46 bits per heavy atom. The summed E-state index contributed by atoms with van der Waals surface area (Å²) in [5.41, 5.74) is -0.689. The van der Waals surface area contributed by atoms with Gasteiger partial charge in [-0.05, 0) is 44.8 Å². The number of amides is 1. The fourth-order valence-electron chi connectivity index (χ4n) is 5.01. The number of hydrogen-bond donors (Lipinski definition) is 1. The molecule has 4 rings (SSSR count). The van der Waals surface area contributed by atoms with E-state index in [4.69, 9.17) is 0 Å². The molecule has 2 aliphatic heterocycles. The first-order chi connectivity index (χ1) is 12.5. The summed E-state index contributed by atoms with van der Waals surface area (Å²) in [7, 11) is -3.15. The number of carbonyl (C=O) groups is 1. The second-order valence-corrected chi connectivity index (χ2v) is 10.5. The van der Waals surface area contributed by atoms with Crippen LogP contribution in [0, 0.1) is 0 Å². The van der Waals surface area contributed by atoms with E-state index in [0.29, 0.717) is 38.8 Å². The van der Waals surface area contributed by atoms with E-state index < -0.39 is 20.1 Å². The molecule has 1 aliphatic carbocycles. The van der Waals surface area contributed by atoms with E-state index in [0.717, 1.165) is 32.4 Å². The van der Waals surface area contributed by atoms with E-state index in [9.17, 15) is 13.2 Å². The van der Waals surface area contributed by atoms with E-state index in [1.807, 2.05) is 17.2 Å².